The lowest BCUT2D eigenvalue weighted by Gasteiger charge is -2.20. The summed E-state index contributed by atoms with van der Waals surface area (Å²) in [5, 5.41) is 8.33. The minimum atomic E-state index is -0.350. The quantitative estimate of drug-likeness (QED) is 0.718. The summed E-state index contributed by atoms with van der Waals surface area (Å²) >= 11 is 0. The van der Waals surface area contributed by atoms with Crippen molar-refractivity contribution in [1.29, 1.82) is 0 Å². The van der Waals surface area contributed by atoms with Crippen LogP contribution >= 0.6 is 0 Å². The molecule has 0 saturated heterocycles. The van der Waals surface area contributed by atoms with Crippen LogP contribution in [-0.2, 0) is 24.2 Å². The van der Waals surface area contributed by atoms with Crippen LogP contribution in [0.4, 0.5) is 4.79 Å². The topological polar surface area (TPSA) is 70.2 Å². The number of hydrogen-bond acceptors (Lipinski definition) is 2. The molecule has 2 aromatic carbocycles. The van der Waals surface area contributed by atoms with Gasteiger partial charge in [-0.1, -0.05) is 48.0 Å². The van der Waals surface area contributed by atoms with Gasteiger partial charge in [-0.15, -0.1) is 0 Å². The van der Waals surface area contributed by atoms with Gasteiger partial charge in [0.2, 0.25) is 5.91 Å². The molecule has 2 aromatic rings. The van der Waals surface area contributed by atoms with E-state index in [0.717, 1.165) is 24.0 Å². The Morgan fingerprint density at radius 1 is 0.964 bits per heavy atom. The molecular formula is C23H29N3O2. The van der Waals surface area contributed by atoms with E-state index in [4.69, 9.17) is 0 Å². The summed E-state index contributed by atoms with van der Waals surface area (Å²) in [5.41, 5.74) is 6.14. The van der Waals surface area contributed by atoms with Gasteiger partial charge in [-0.3, -0.25) is 4.79 Å². The van der Waals surface area contributed by atoms with Gasteiger partial charge in [-0.05, 0) is 61.8 Å². The number of aryl methyl sites for hydroxylation is 3. The maximum absolute atomic E-state index is 12.2. The molecule has 0 bridgehead atoms. The molecule has 0 aromatic heterocycles. The molecule has 3 amide bonds. The van der Waals surface area contributed by atoms with Crippen molar-refractivity contribution in [3.8, 4) is 0 Å². The highest BCUT2D eigenvalue weighted by Gasteiger charge is 2.14. The largest absolute Gasteiger partial charge is 0.348 e. The Morgan fingerprint density at radius 3 is 2.43 bits per heavy atom. The maximum Gasteiger partial charge on any atom is 0.315 e. The second-order valence-electron chi connectivity index (χ2n) is 7.55. The highest BCUT2D eigenvalue weighted by Crippen LogP contribution is 2.24. The summed E-state index contributed by atoms with van der Waals surface area (Å²) in [4.78, 5) is 24.1. The van der Waals surface area contributed by atoms with E-state index in [-0.39, 0.29) is 24.5 Å². The van der Waals surface area contributed by atoms with Gasteiger partial charge in [0.15, 0.2) is 0 Å². The lowest BCUT2D eigenvalue weighted by molar-refractivity contribution is -0.120. The zero-order chi connectivity index (χ0) is 19.9. The van der Waals surface area contributed by atoms with E-state index in [9.17, 15) is 9.59 Å². The number of amides is 3. The maximum atomic E-state index is 12.2. The Balaban J connectivity index is 1.42. The molecule has 5 nitrogen and oxygen atoms in total. The number of carbonyl (C=O) groups is 2. The van der Waals surface area contributed by atoms with Gasteiger partial charge >= 0.3 is 6.03 Å². The van der Waals surface area contributed by atoms with Crippen LogP contribution in [0.25, 0.3) is 0 Å². The van der Waals surface area contributed by atoms with Crippen molar-refractivity contribution in [1.82, 2.24) is 16.0 Å². The third-order valence-electron chi connectivity index (χ3n) is 5.23. The van der Waals surface area contributed by atoms with Gasteiger partial charge in [0, 0.05) is 6.54 Å². The standard InChI is InChI=1S/C23H29N3O2/c1-16-7-9-18(10-8-16)14-24-23(28)25-15-22(27)26-17(2)20-12-11-19-5-3-4-6-21(19)13-20/h7-13,17H,3-6,14-15H2,1-2H3,(H,26,27)(H2,24,25,28). The first kappa shape index (κ1) is 19.9. The molecule has 1 atom stereocenters. The van der Waals surface area contributed by atoms with E-state index in [1.54, 1.807) is 0 Å². The van der Waals surface area contributed by atoms with Crippen LogP contribution in [0, 0.1) is 6.92 Å². The number of hydrogen-bond donors (Lipinski definition) is 3. The van der Waals surface area contributed by atoms with Crippen LogP contribution < -0.4 is 16.0 Å². The normalized spacial score (nSPS) is 13.9. The van der Waals surface area contributed by atoms with Crippen LogP contribution in [0.1, 0.15) is 53.6 Å². The second-order valence-corrected chi connectivity index (χ2v) is 7.55. The number of fused-ring (bicyclic) bond motifs is 1. The first-order valence-corrected chi connectivity index (χ1v) is 9.99. The Kier molecular flexibility index (Phi) is 6.69. The molecule has 3 N–H and O–H groups in total. The van der Waals surface area contributed by atoms with Crippen molar-refractivity contribution >= 4 is 11.9 Å². The fourth-order valence-corrected chi connectivity index (χ4v) is 3.51. The van der Waals surface area contributed by atoms with Gasteiger partial charge in [0.1, 0.15) is 0 Å². The fourth-order valence-electron chi connectivity index (χ4n) is 3.51. The van der Waals surface area contributed by atoms with Crippen molar-refractivity contribution in [2.75, 3.05) is 6.54 Å². The van der Waals surface area contributed by atoms with Crippen molar-refractivity contribution in [2.45, 2.75) is 52.1 Å². The van der Waals surface area contributed by atoms with Crippen LogP contribution in [-0.4, -0.2) is 18.5 Å². The minimum absolute atomic E-state index is 0.0466. The lowest BCUT2D eigenvalue weighted by Crippen LogP contribution is -2.42. The summed E-state index contributed by atoms with van der Waals surface area (Å²) in [7, 11) is 0. The number of carbonyl (C=O) groups excluding carboxylic acids is 2. The van der Waals surface area contributed by atoms with E-state index in [1.807, 2.05) is 38.1 Å². The molecule has 0 heterocycles. The zero-order valence-electron chi connectivity index (χ0n) is 16.7. The first-order chi connectivity index (χ1) is 13.5. The molecule has 5 heteroatoms. The van der Waals surface area contributed by atoms with E-state index in [0.29, 0.717) is 6.54 Å². The number of rotatable bonds is 6. The van der Waals surface area contributed by atoms with Crippen LogP contribution in [0.3, 0.4) is 0 Å². The Morgan fingerprint density at radius 2 is 1.68 bits per heavy atom. The summed E-state index contributed by atoms with van der Waals surface area (Å²) in [5.74, 6) is -0.198. The average Bonchev–Trinajstić information content (AvgIpc) is 2.71. The van der Waals surface area contributed by atoms with Gasteiger partial charge in [0.05, 0.1) is 12.6 Å². The predicted octanol–water partition coefficient (Wildman–Crippen LogP) is 3.55. The Labute approximate surface area is 166 Å². The number of urea groups is 1. The van der Waals surface area contributed by atoms with E-state index >= 15 is 0 Å². The molecule has 1 aliphatic rings. The highest BCUT2D eigenvalue weighted by molar-refractivity contribution is 5.84. The summed E-state index contributed by atoms with van der Waals surface area (Å²) < 4.78 is 0. The SMILES string of the molecule is Cc1ccc(CNC(=O)NCC(=O)NC(C)c2ccc3c(c2)CCCC3)cc1. The summed E-state index contributed by atoms with van der Waals surface area (Å²) in [6, 6.07) is 14.0. The van der Waals surface area contributed by atoms with Gasteiger partial charge in [0.25, 0.3) is 0 Å². The van der Waals surface area contributed by atoms with Crippen molar-refractivity contribution < 1.29 is 9.59 Å². The van der Waals surface area contributed by atoms with Gasteiger partial charge < -0.3 is 16.0 Å². The molecular weight excluding hydrogens is 350 g/mol. The molecule has 0 aliphatic heterocycles. The number of nitrogens with one attached hydrogen (secondary N) is 3. The monoisotopic (exact) mass is 379 g/mol. The third kappa shape index (κ3) is 5.59. The molecule has 28 heavy (non-hydrogen) atoms. The van der Waals surface area contributed by atoms with Crippen molar-refractivity contribution in [2.24, 2.45) is 0 Å². The molecule has 1 unspecified atom stereocenters. The minimum Gasteiger partial charge on any atom is -0.348 e. The highest BCUT2D eigenvalue weighted by atomic mass is 16.2. The summed E-state index contributed by atoms with van der Waals surface area (Å²) in [6.45, 7) is 4.38. The molecule has 1 aliphatic carbocycles. The molecule has 3 rings (SSSR count). The molecule has 0 radical (unpaired) electrons. The van der Waals surface area contributed by atoms with Crippen molar-refractivity contribution in [3.63, 3.8) is 0 Å². The Bertz CT molecular complexity index is 830. The van der Waals surface area contributed by atoms with Crippen molar-refractivity contribution in [3.05, 3.63) is 70.3 Å². The van der Waals surface area contributed by atoms with E-state index < -0.39 is 0 Å². The van der Waals surface area contributed by atoms with Crippen LogP contribution in [0.5, 0.6) is 0 Å². The third-order valence-corrected chi connectivity index (χ3v) is 5.23. The second kappa shape index (κ2) is 9.40. The van der Waals surface area contributed by atoms with Gasteiger partial charge in [-0.2, -0.15) is 0 Å². The van der Waals surface area contributed by atoms with Crippen LogP contribution in [0.2, 0.25) is 0 Å². The molecule has 0 saturated carbocycles. The molecule has 148 valence electrons. The molecule has 0 spiro atoms. The zero-order valence-corrected chi connectivity index (χ0v) is 16.7. The average molecular weight is 380 g/mol. The first-order valence-electron chi connectivity index (χ1n) is 9.99. The summed E-state index contributed by atoms with van der Waals surface area (Å²) in [6.07, 6.45) is 4.76. The van der Waals surface area contributed by atoms with E-state index in [1.165, 1.54) is 29.5 Å². The Hall–Kier alpha value is -2.82. The number of benzene rings is 2. The molecule has 0 fully saturated rings. The smallest absolute Gasteiger partial charge is 0.315 e. The van der Waals surface area contributed by atoms with E-state index in [2.05, 4.69) is 34.1 Å². The predicted molar refractivity (Wildman–Crippen MR) is 111 cm³/mol. The lowest BCUT2D eigenvalue weighted by atomic mass is 9.89. The fraction of sp³-hybridized carbons (Fsp3) is 0.391. The van der Waals surface area contributed by atoms with Crippen LogP contribution in [0.15, 0.2) is 42.5 Å². The van der Waals surface area contributed by atoms with Gasteiger partial charge in [-0.25, -0.2) is 4.79 Å².